The average Bonchev–Trinajstić information content (AvgIpc) is 2.67. The molecule has 1 aliphatic rings. The zero-order chi connectivity index (χ0) is 21.7. The SMILES string of the molecule is CN=C(NCC#Cc1ccc(C(F)(F)F)cc1)N1CCN(C(C)C(F)(F)F)CC1.I. The molecule has 168 valence electrons. The molecule has 1 atom stereocenters. The van der Waals surface area contributed by atoms with Gasteiger partial charge in [-0.05, 0) is 31.2 Å². The normalized spacial score (nSPS) is 16.9. The Morgan fingerprint density at radius 3 is 2.10 bits per heavy atom. The minimum absolute atomic E-state index is 0. The molecule has 1 fully saturated rings. The molecule has 1 unspecified atom stereocenters. The maximum absolute atomic E-state index is 12.8. The van der Waals surface area contributed by atoms with E-state index in [4.69, 9.17) is 0 Å². The smallest absolute Gasteiger partial charge is 0.345 e. The lowest BCUT2D eigenvalue weighted by Crippen LogP contribution is -2.56. The Labute approximate surface area is 188 Å². The lowest BCUT2D eigenvalue weighted by Gasteiger charge is -2.39. The second kappa shape index (κ2) is 11.1. The number of hydrogen-bond donors (Lipinski definition) is 1. The first-order valence-corrected chi connectivity index (χ1v) is 8.95. The molecule has 1 aromatic rings. The summed E-state index contributed by atoms with van der Waals surface area (Å²) in [5.41, 5.74) is -0.287. The van der Waals surface area contributed by atoms with Gasteiger partial charge in [0.15, 0.2) is 5.96 Å². The van der Waals surface area contributed by atoms with Crippen molar-refractivity contribution in [3.63, 3.8) is 0 Å². The van der Waals surface area contributed by atoms with Crippen LogP contribution in [-0.2, 0) is 6.18 Å². The van der Waals surface area contributed by atoms with Crippen molar-refractivity contribution in [3.05, 3.63) is 35.4 Å². The van der Waals surface area contributed by atoms with Crippen LogP contribution in [0.5, 0.6) is 0 Å². The maximum Gasteiger partial charge on any atom is 0.416 e. The summed E-state index contributed by atoms with van der Waals surface area (Å²) in [6.45, 7) is 2.67. The first kappa shape index (κ1) is 26.4. The number of nitrogens with zero attached hydrogens (tertiary/aromatic N) is 3. The molecule has 1 saturated heterocycles. The zero-order valence-corrected chi connectivity index (χ0v) is 18.8. The van der Waals surface area contributed by atoms with Crippen LogP contribution in [0, 0.1) is 11.8 Å². The first-order chi connectivity index (χ1) is 13.5. The Hall–Kier alpha value is -1.68. The van der Waals surface area contributed by atoms with Gasteiger partial charge in [0.05, 0.1) is 12.1 Å². The van der Waals surface area contributed by atoms with E-state index in [9.17, 15) is 26.3 Å². The summed E-state index contributed by atoms with van der Waals surface area (Å²) in [5, 5.41) is 3.00. The molecule has 0 bridgehead atoms. The van der Waals surface area contributed by atoms with Gasteiger partial charge in [0, 0.05) is 38.8 Å². The number of nitrogens with one attached hydrogen (secondary N) is 1. The van der Waals surface area contributed by atoms with Crippen molar-refractivity contribution in [3.8, 4) is 11.8 Å². The number of guanidine groups is 1. The van der Waals surface area contributed by atoms with Crippen LogP contribution in [0.15, 0.2) is 29.3 Å². The van der Waals surface area contributed by atoms with Gasteiger partial charge < -0.3 is 10.2 Å². The molecule has 30 heavy (non-hydrogen) atoms. The quantitative estimate of drug-likeness (QED) is 0.201. The fourth-order valence-corrected chi connectivity index (χ4v) is 2.87. The zero-order valence-electron chi connectivity index (χ0n) is 16.4. The van der Waals surface area contributed by atoms with Gasteiger partial charge in [0.25, 0.3) is 0 Å². The average molecular weight is 548 g/mol. The van der Waals surface area contributed by atoms with Crippen molar-refractivity contribution >= 4 is 29.9 Å². The minimum atomic E-state index is -4.39. The third kappa shape index (κ3) is 7.54. The summed E-state index contributed by atoms with van der Waals surface area (Å²) in [7, 11) is 1.57. The summed E-state index contributed by atoms with van der Waals surface area (Å²) >= 11 is 0. The predicted octanol–water partition coefficient (Wildman–Crippen LogP) is 3.82. The highest BCUT2D eigenvalue weighted by Gasteiger charge is 2.41. The molecule has 0 aliphatic carbocycles. The van der Waals surface area contributed by atoms with E-state index in [1.807, 2.05) is 4.90 Å². The van der Waals surface area contributed by atoms with E-state index in [1.165, 1.54) is 17.0 Å². The van der Waals surface area contributed by atoms with Crippen LogP contribution in [0.2, 0.25) is 0 Å². The van der Waals surface area contributed by atoms with Gasteiger partial charge in [-0.2, -0.15) is 26.3 Å². The van der Waals surface area contributed by atoms with Gasteiger partial charge in [0.2, 0.25) is 0 Å². The van der Waals surface area contributed by atoms with Crippen LogP contribution < -0.4 is 5.32 Å². The van der Waals surface area contributed by atoms with Gasteiger partial charge in [-0.1, -0.05) is 11.8 Å². The van der Waals surface area contributed by atoms with Crippen LogP contribution in [0.4, 0.5) is 26.3 Å². The van der Waals surface area contributed by atoms with E-state index in [0.29, 0.717) is 24.6 Å². The van der Waals surface area contributed by atoms with Crippen LogP contribution in [0.25, 0.3) is 0 Å². The molecule has 0 amide bonds. The highest BCUT2D eigenvalue weighted by Crippen LogP contribution is 2.29. The van der Waals surface area contributed by atoms with E-state index in [0.717, 1.165) is 19.1 Å². The van der Waals surface area contributed by atoms with Crippen molar-refractivity contribution in [1.29, 1.82) is 0 Å². The molecule has 1 aliphatic heterocycles. The molecule has 1 N–H and O–H groups in total. The number of halogens is 7. The highest BCUT2D eigenvalue weighted by atomic mass is 127. The van der Waals surface area contributed by atoms with Gasteiger partial charge in [-0.15, -0.1) is 24.0 Å². The monoisotopic (exact) mass is 548 g/mol. The van der Waals surface area contributed by atoms with Crippen molar-refractivity contribution in [2.24, 2.45) is 4.99 Å². The van der Waals surface area contributed by atoms with Crippen molar-refractivity contribution in [1.82, 2.24) is 15.1 Å². The van der Waals surface area contributed by atoms with Crippen molar-refractivity contribution < 1.29 is 26.3 Å². The van der Waals surface area contributed by atoms with Gasteiger partial charge in [-0.3, -0.25) is 9.89 Å². The van der Waals surface area contributed by atoms with Gasteiger partial charge in [-0.25, -0.2) is 0 Å². The molecule has 0 saturated carbocycles. The van der Waals surface area contributed by atoms with E-state index >= 15 is 0 Å². The molecular weight excluding hydrogens is 525 g/mol. The Balaban J connectivity index is 0.00000450. The Bertz CT molecular complexity index is 756. The lowest BCUT2D eigenvalue weighted by molar-refractivity contribution is -0.181. The number of rotatable bonds is 2. The molecule has 11 heteroatoms. The van der Waals surface area contributed by atoms with Crippen LogP contribution in [-0.4, -0.2) is 67.7 Å². The maximum atomic E-state index is 12.8. The Morgan fingerprint density at radius 2 is 1.63 bits per heavy atom. The molecule has 0 aromatic heterocycles. The Kier molecular flexibility index (Phi) is 9.74. The molecule has 2 rings (SSSR count). The molecular formula is C19H23F6IN4. The summed E-state index contributed by atoms with van der Waals surface area (Å²) in [6, 6.07) is 3.04. The first-order valence-electron chi connectivity index (χ1n) is 8.95. The largest absolute Gasteiger partial charge is 0.416 e. The molecule has 0 radical (unpaired) electrons. The van der Waals surface area contributed by atoms with Crippen molar-refractivity contribution in [2.45, 2.75) is 25.3 Å². The Morgan fingerprint density at radius 1 is 1.07 bits per heavy atom. The van der Waals surface area contributed by atoms with Crippen molar-refractivity contribution in [2.75, 3.05) is 39.8 Å². The predicted molar refractivity (Wildman–Crippen MR) is 114 cm³/mol. The van der Waals surface area contributed by atoms with E-state index < -0.39 is 24.0 Å². The fraction of sp³-hybridized carbons (Fsp3) is 0.526. The summed E-state index contributed by atoms with van der Waals surface area (Å²) in [5.74, 6) is 6.08. The third-order valence-electron chi connectivity index (χ3n) is 4.63. The minimum Gasteiger partial charge on any atom is -0.345 e. The lowest BCUT2D eigenvalue weighted by atomic mass is 10.1. The molecule has 0 spiro atoms. The van der Waals surface area contributed by atoms with Gasteiger partial charge >= 0.3 is 12.4 Å². The summed E-state index contributed by atoms with van der Waals surface area (Å²) in [6.07, 6.45) is -8.64. The topological polar surface area (TPSA) is 30.9 Å². The number of benzene rings is 1. The number of hydrogen-bond acceptors (Lipinski definition) is 2. The van der Waals surface area contributed by atoms with Crippen LogP contribution >= 0.6 is 24.0 Å². The number of alkyl halides is 6. The number of aliphatic imine (C=N–C) groups is 1. The van der Waals surface area contributed by atoms with Gasteiger partial charge in [0.1, 0.15) is 6.04 Å². The summed E-state index contributed by atoms with van der Waals surface area (Å²) < 4.78 is 76.1. The third-order valence-corrected chi connectivity index (χ3v) is 4.63. The highest BCUT2D eigenvalue weighted by molar-refractivity contribution is 14.0. The second-order valence-electron chi connectivity index (χ2n) is 6.52. The molecule has 4 nitrogen and oxygen atoms in total. The second-order valence-corrected chi connectivity index (χ2v) is 6.52. The van der Waals surface area contributed by atoms with E-state index in [1.54, 1.807) is 7.05 Å². The van der Waals surface area contributed by atoms with E-state index in [-0.39, 0.29) is 43.6 Å². The standard InChI is InChI=1S/C19H22F6N4.HI/c1-14(18(20,21)22)28-10-12-29(13-11-28)17(26-2)27-9-3-4-15-5-7-16(8-6-15)19(23,24)25;/h5-8,14H,9-13H2,1-2H3,(H,26,27);1H. The summed E-state index contributed by atoms with van der Waals surface area (Å²) in [4.78, 5) is 7.34. The molecule has 1 aromatic carbocycles. The molecule has 1 heterocycles. The fourth-order valence-electron chi connectivity index (χ4n) is 2.87. The van der Waals surface area contributed by atoms with Crippen LogP contribution in [0.3, 0.4) is 0 Å². The number of piperazine rings is 1. The van der Waals surface area contributed by atoms with E-state index in [2.05, 4.69) is 22.2 Å². The van der Waals surface area contributed by atoms with Crippen LogP contribution in [0.1, 0.15) is 18.1 Å².